The van der Waals surface area contributed by atoms with Gasteiger partial charge in [0.05, 0.1) is 17.9 Å². The summed E-state index contributed by atoms with van der Waals surface area (Å²) < 4.78 is 6.17. The highest BCUT2D eigenvalue weighted by atomic mass is 16.5. The lowest BCUT2D eigenvalue weighted by atomic mass is 10.0. The first-order valence-corrected chi connectivity index (χ1v) is 10.3. The molecule has 0 saturated heterocycles. The van der Waals surface area contributed by atoms with Gasteiger partial charge in [0.1, 0.15) is 11.4 Å². The molecule has 156 valence electrons. The lowest BCUT2D eigenvalue weighted by Crippen LogP contribution is -2.18. The Labute approximate surface area is 177 Å². The molecule has 2 unspecified atom stereocenters. The molecule has 4 rings (SSSR count). The van der Waals surface area contributed by atoms with Crippen molar-refractivity contribution in [2.75, 3.05) is 6.61 Å². The van der Waals surface area contributed by atoms with Gasteiger partial charge in [-0.05, 0) is 58.7 Å². The molecule has 0 aliphatic heterocycles. The van der Waals surface area contributed by atoms with Crippen LogP contribution in [0.15, 0.2) is 36.7 Å². The summed E-state index contributed by atoms with van der Waals surface area (Å²) in [7, 11) is 0. The Balaban J connectivity index is 1.53. The lowest BCUT2D eigenvalue weighted by molar-refractivity contribution is 0.0737. The maximum Gasteiger partial charge on any atom is 0.224 e. The molecule has 2 atom stereocenters. The summed E-state index contributed by atoms with van der Waals surface area (Å²) in [6.07, 6.45) is 4.79. The zero-order chi connectivity index (χ0) is 21.5. The highest BCUT2D eigenvalue weighted by Crippen LogP contribution is 2.47. The van der Waals surface area contributed by atoms with Gasteiger partial charge in [-0.25, -0.2) is 4.98 Å². The van der Waals surface area contributed by atoms with E-state index in [0.717, 1.165) is 28.9 Å². The molecule has 1 saturated carbocycles. The highest BCUT2D eigenvalue weighted by molar-refractivity contribution is 5.69. The Morgan fingerprint density at radius 2 is 1.80 bits per heavy atom. The number of pyridine rings is 2. The van der Waals surface area contributed by atoms with Crippen LogP contribution in [0.1, 0.15) is 54.7 Å². The largest absolute Gasteiger partial charge is 0.477 e. The van der Waals surface area contributed by atoms with Gasteiger partial charge in [0, 0.05) is 41.2 Å². The fourth-order valence-corrected chi connectivity index (χ4v) is 3.61. The average Bonchev–Trinajstić information content (AvgIpc) is 3.46. The van der Waals surface area contributed by atoms with E-state index in [1.54, 1.807) is 20.0 Å². The molecule has 0 aromatic carbocycles. The molecule has 0 radical (unpaired) electrons. The molecule has 0 spiro atoms. The van der Waals surface area contributed by atoms with Crippen molar-refractivity contribution in [3.63, 3.8) is 0 Å². The molecular formula is C24H28N4O2. The van der Waals surface area contributed by atoms with Crippen LogP contribution in [-0.2, 0) is 5.60 Å². The van der Waals surface area contributed by atoms with Gasteiger partial charge in [-0.1, -0.05) is 12.1 Å². The third kappa shape index (κ3) is 4.33. The van der Waals surface area contributed by atoms with Crippen molar-refractivity contribution in [2.24, 2.45) is 5.92 Å². The van der Waals surface area contributed by atoms with Crippen molar-refractivity contribution in [3.05, 3.63) is 65.1 Å². The first-order chi connectivity index (χ1) is 14.2. The summed E-state index contributed by atoms with van der Waals surface area (Å²) in [6.45, 7) is 9.88. The van der Waals surface area contributed by atoms with E-state index < -0.39 is 5.60 Å². The summed E-state index contributed by atoms with van der Waals surface area (Å²) in [5.41, 5.74) is 4.48. The molecule has 30 heavy (non-hydrogen) atoms. The third-order valence-electron chi connectivity index (χ3n) is 5.55. The second-order valence-electron chi connectivity index (χ2n) is 8.70. The smallest absolute Gasteiger partial charge is 0.224 e. The minimum absolute atomic E-state index is 0.445. The van der Waals surface area contributed by atoms with E-state index in [1.165, 1.54) is 5.56 Å². The fraction of sp³-hybridized carbons (Fsp3) is 0.417. The maximum atomic E-state index is 10.2. The maximum absolute atomic E-state index is 10.2. The van der Waals surface area contributed by atoms with Crippen LogP contribution in [0.2, 0.25) is 0 Å². The van der Waals surface area contributed by atoms with Crippen molar-refractivity contribution < 1.29 is 9.84 Å². The fourth-order valence-electron chi connectivity index (χ4n) is 3.61. The quantitative estimate of drug-likeness (QED) is 0.661. The summed E-state index contributed by atoms with van der Waals surface area (Å²) >= 11 is 0. The molecule has 1 aliphatic rings. The van der Waals surface area contributed by atoms with Crippen LogP contribution in [0.4, 0.5) is 0 Å². The van der Waals surface area contributed by atoms with Gasteiger partial charge < -0.3 is 9.84 Å². The van der Waals surface area contributed by atoms with Crippen LogP contribution in [0.3, 0.4) is 0 Å². The molecule has 1 aliphatic carbocycles. The molecule has 1 N–H and O–H groups in total. The van der Waals surface area contributed by atoms with E-state index in [-0.39, 0.29) is 0 Å². The lowest BCUT2D eigenvalue weighted by Gasteiger charge is -2.18. The molecule has 3 heterocycles. The Morgan fingerprint density at radius 1 is 1.00 bits per heavy atom. The van der Waals surface area contributed by atoms with Crippen LogP contribution in [0, 0.1) is 26.7 Å². The van der Waals surface area contributed by atoms with E-state index in [2.05, 4.69) is 32.1 Å². The van der Waals surface area contributed by atoms with Crippen molar-refractivity contribution in [1.82, 2.24) is 19.9 Å². The SMILES string of the molecule is Cc1ccc(C2CC2COc2nc(C)ncc2-c2ccc(C(C)(C)O)nc2C)nc1. The van der Waals surface area contributed by atoms with Gasteiger partial charge >= 0.3 is 0 Å². The standard InChI is InChI=1S/C24H28N4O2/c1-14-6-8-21(26-11-14)19-10-17(19)13-30-23-20(12-25-16(3)28-23)18-7-9-22(24(4,5)29)27-15(18)2/h6-9,11-12,17,19,29H,10,13H2,1-5H3. The molecule has 6 nitrogen and oxygen atoms in total. The predicted octanol–water partition coefficient (Wildman–Crippen LogP) is 4.27. The number of aliphatic hydroxyl groups is 1. The van der Waals surface area contributed by atoms with Gasteiger partial charge in [0.2, 0.25) is 5.88 Å². The van der Waals surface area contributed by atoms with Crippen LogP contribution < -0.4 is 4.74 Å². The number of rotatable bonds is 6. The van der Waals surface area contributed by atoms with Crippen molar-refractivity contribution in [1.29, 1.82) is 0 Å². The zero-order valence-electron chi connectivity index (χ0n) is 18.2. The zero-order valence-corrected chi connectivity index (χ0v) is 18.2. The minimum Gasteiger partial charge on any atom is -0.477 e. The normalized spacial score (nSPS) is 18.3. The van der Waals surface area contributed by atoms with E-state index in [9.17, 15) is 5.11 Å². The van der Waals surface area contributed by atoms with Crippen molar-refractivity contribution in [2.45, 2.75) is 52.6 Å². The first kappa shape index (κ1) is 20.4. The van der Waals surface area contributed by atoms with Crippen LogP contribution in [-0.4, -0.2) is 31.6 Å². The molecule has 6 heteroatoms. The van der Waals surface area contributed by atoms with E-state index >= 15 is 0 Å². The topological polar surface area (TPSA) is 81.0 Å². The predicted molar refractivity (Wildman–Crippen MR) is 115 cm³/mol. The van der Waals surface area contributed by atoms with E-state index in [4.69, 9.17) is 4.74 Å². The number of aryl methyl sites for hydroxylation is 3. The van der Waals surface area contributed by atoms with Gasteiger partial charge in [-0.15, -0.1) is 0 Å². The molecule has 0 amide bonds. The number of aromatic nitrogens is 4. The molecule has 3 aromatic heterocycles. The summed E-state index contributed by atoms with van der Waals surface area (Å²) in [6, 6.07) is 8.01. The number of nitrogens with zero attached hydrogens (tertiary/aromatic N) is 4. The Kier molecular flexibility index (Phi) is 5.28. The van der Waals surface area contributed by atoms with Gasteiger partial charge in [-0.3, -0.25) is 9.97 Å². The first-order valence-electron chi connectivity index (χ1n) is 10.3. The van der Waals surface area contributed by atoms with E-state index in [1.807, 2.05) is 39.1 Å². The minimum atomic E-state index is -0.989. The number of ether oxygens (including phenoxy) is 1. The van der Waals surface area contributed by atoms with Crippen LogP contribution in [0.5, 0.6) is 5.88 Å². The van der Waals surface area contributed by atoms with Crippen LogP contribution in [0.25, 0.3) is 11.1 Å². The van der Waals surface area contributed by atoms with Gasteiger partial charge in [0.15, 0.2) is 0 Å². The van der Waals surface area contributed by atoms with Crippen LogP contribution >= 0.6 is 0 Å². The van der Waals surface area contributed by atoms with Crippen molar-refractivity contribution >= 4 is 0 Å². The molecule has 0 bridgehead atoms. The second-order valence-corrected chi connectivity index (χ2v) is 8.70. The number of hydrogen-bond donors (Lipinski definition) is 1. The van der Waals surface area contributed by atoms with Crippen molar-refractivity contribution in [3.8, 4) is 17.0 Å². The Bertz CT molecular complexity index is 1060. The van der Waals surface area contributed by atoms with Gasteiger partial charge in [-0.2, -0.15) is 4.98 Å². The average molecular weight is 405 g/mol. The van der Waals surface area contributed by atoms with Gasteiger partial charge in [0.25, 0.3) is 0 Å². The second kappa shape index (κ2) is 7.76. The summed E-state index contributed by atoms with van der Waals surface area (Å²) in [5, 5.41) is 10.2. The molecule has 3 aromatic rings. The number of hydrogen-bond acceptors (Lipinski definition) is 6. The Hall–Kier alpha value is -2.86. The molecule has 1 fully saturated rings. The highest BCUT2D eigenvalue weighted by Gasteiger charge is 2.40. The monoisotopic (exact) mass is 404 g/mol. The summed E-state index contributed by atoms with van der Waals surface area (Å²) in [5.74, 6) is 2.14. The summed E-state index contributed by atoms with van der Waals surface area (Å²) in [4.78, 5) is 18.0. The molecular weight excluding hydrogens is 376 g/mol. The Morgan fingerprint density at radius 3 is 2.47 bits per heavy atom. The third-order valence-corrected chi connectivity index (χ3v) is 5.55. The van der Waals surface area contributed by atoms with E-state index in [0.29, 0.717) is 35.8 Å².